The van der Waals surface area contributed by atoms with E-state index in [2.05, 4.69) is 27.9 Å². The molecule has 3 aromatic rings. The molecule has 2 aromatic heterocycles. The minimum absolute atomic E-state index is 0.156. The Labute approximate surface area is 147 Å². The molecule has 2 heterocycles. The maximum absolute atomic E-state index is 12.5. The average molecular weight is 340 g/mol. The number of hydrogen-bond acceptors (Lipinski definition) is 3. The lowest BCUT2D eigenvalue weighted by atomic mass is 10.2. The van der Waals surface area contributed by atoms with Gasteiger partial charge in [-0.15, -0.1) is 0 Å². The van der Waals surface area contributed by atoms with E-state index >= 15 is 0 Å². The predicted octanol–water partition coefficient (Wildman–Crippen LogP) is 3.86. The van der Waals surface area contributed by atoms with Gasteiger partial charge < -0.3 is 19.2 Å². The number of carbonyl (C=O) groups is 1. The summed E-state index contributed by atoms with van der Waals surface area (Å²) in [6, 6.07) is 11.5. The van der Waals surface area contributed by atoms with Gasteiger partial charge >= 0.3 is 6.03 Å². The molecule has 2 amide bonds. The van der Waals surface area contributed by atoms with Crippen LogP contribution in [0.3, 0.4) is 0 Å². The molecule has 1 aromatic carbocycles. The number of carbonyl (C=O) groups excluding carboxylic acids is 1. The summed E-state index contributed by atoms with van der Waals surface area (Å²) in [4.78, 5) is 18.8. The number of aryl methyl sites for hydroxylation is 2. The summed E-state index contributed by atoms with van der Waals surface area (Å²) in [7, 11) is 1.77. The number of nitrogens with one attached hydrogen (secondary N) is 1. The highest BCUT2D eigenvalue weighted by atomic mass is 16.3. The summed E-state index contributed by atoms with van der Waals surface area (Å²) < 4.78 is 7.71. The van der Waals surface area contributed by atoms with E-state index < -0.39 is 0 Å². The van der Waals surface area contributed by atoms with Crippen molar-refractivity contribution in [3.8, 4) is 0 Å². The van der Waals surface area contributed by atoms with Gasteiger partial charge in [0.1, 0.15) is 17.3 Å². The Balaban J connectivity index is 1.71. The van der Waals surface area contributed by atoms with Gasteiger partial charge in [-0.25, -0.2) is 9.78 Å². The van der Waals surface area contributed by atoms with Gasteiger partial charge in [-0.05, 0) is 45.0 Å². The van der Waals surface area contributed by atoms with Crippen molar-refractivity contribution in [3.63, 3.8) is 0 Å². The normalized spacial score (nSPS) is 12.3. The van der Waals surface area contributed by atoms with E-state index in [1.165, 1.54) is 0 Å². The van der Waals surface area contributed by atoms with Gasteiger partial charge in [-0.2, -0.15) is 0 Å². The fraction of sp³-hybridized carbons (Fsp3) is 0.368. The second kappa shape index (κ2) is 7.01. The molecule has 0 spiro atoms. The maximum Gasteiger partial charge on any atom is 0.318 e. The first-order valence-electron chi connectivity index (χ1n) is 8.51. The molecule has 0 aliphatic rings. The molecule has 0 radical (unpaired) electrons. The summed E-state index contributed by atoms with van der Waals surface area (Å²) in [5, 5.41) is 2.96. The molecular formula is C19H24N4O2. The number of benzene rings is 1. The lowest BCUT2D eigenvalue weighted by molar-refractivity contribution is 0.200. The molecule has 3 rings (SSSR count). The van der Waals surface area contributed by atoms with E-state index in [0.717, 1.165) is 34.9 Å². The number of rotatable bonds is 5. The van der Waals surface area contributed by atoms with Crippen molar-refractivity contribution in [1.29, 1.82) is 0 Å². The van der Waals surface area contributed by atoms with Crippen LogP contribution in [0.1, 0.15) is 37.2 Å². The van der Waals surface area contributed by atoms with Gasteiger partial charge in [0.15, 0.2) is 0 Å². The number of furan rings is 1. The Morgan fingerprint density at radius 3 is 2.76 bits per heavy atom. The standard InChI is InChI=1S/C19H24N4O2/c1-5-23-16-9-7-6-8-15(16)21-18(23)12-22(4)19(24)20-14(3)17-11-10-13(2)25-17/h6-11,14H,5,12H2,1-4H3,(H,20,24)/t14-/m1/s1. The molecule has 0 saturated heterocycles. The molecule has 25 heavy (non-hydrogen) atoms. The van der Waals surface area contributed by atoms with E-state index in [9.17, 15) is 4.79 Å². The van der Waals surface area contributed by atoms with Crippen LogP contribution in [-0.4, -0.2) is 27.5 Å². The summed E-state index contributed by atoms with van der Waals surface area (Å²) in [5.74, 6) is 2.46. The third kappa shape index (κ3) is 3.52. The molecule has 0 aliphatic carbocycles. The summed E-state index contributed by atoms with van der Waals surface area (Å²) in [6.07, 6.45) is 0. The van der Waals surface area contributed by atoms with Gasteiger partial charge in [0.25, 0.3) is 0 Å². The summed E-state index contributed by atoms with van der Waals surface area (Å²) >= 11 is 0. The summed E-state index contributed by atoms with van der Waals surface area (Å²) in [5.41, 5.74) is 2.04. The minimum atomic E-state index is -0.186. The van der Waals surface area contributed by atoms with Crippen LogP contribution >= 0.6 is 0 Å². The van der Waals surface area contributed by atoms with Crippen LogP contribution in [0.5, 0.6) is 0 Å². The third-order valence-corrected chi connectivity index (χ3v) is 4.30. The van der Waals surface area contributed by atoms with Crippen molar-refractivity contribution in [2.75, 3.05) is 7.05 Å². The van der Waals surface area contributed by atoms with Crippen LogP contribution in [-0.2, 0) is 13.1 Å². The molecule has 0 fully saturated rings. The lowest BCUT2D eigenvalue weighted by Crippen LogP contribution is -2.38. The van der Waals surface area contributed by atoms with Crippen LogP contribution in [0.15, 0.2) is 40.8 Å². The Bertz CT molecular complexity index is 881. The largest absolute Gasteiger partial charge is 0.464 e. The number of nitrogens with zero attached hydrogens (tertiary/aromatic N) is 3. The highest BCUT2D eigenvalue weighted by Crippen LogP contribution is 2.18. The fourth-order valence-electron chi connectivity index (χ4n) is 2.94. The third-order valence-electron chi connectivity index (χ3n) is 4.30. The van der Waals surface area contributed by atoms with Gasteiger partial charge in [0.2, 0.25) is 0 Å². The average Bonchev–Trinajstić information content (AvgIpc) is 3.17. The van der Waals surface area contributed by atoms with Crippen molar-refractivity contribution in [2.45, 2.75) is 39.9 Å². The number of hydrogen-bond donors (Lipinski definition) is 1. The number of urea groups is 1. The molecule has 0 unspecified atom stereocenters. The number of amides is 2. The van der Waals surface area contributed by atoms with Gasteiger partial charge in [0, 0.05) is 13.6 Å². The monoisotopic (exact) mass is 340 g/mol. The smallest absolute Gasteiger partial charge is 0.318 e. The van der Waals surface area contributed by atoms with Crippen molar-refractivity contribution in [3.05, 3.63) is 53.7 Å². The maximum atomic E-state index is 12.5. The minimum Gasteiger partial charge on any atom is -0.464 e. The fourth-order valence-corrected chi connectivity index (χ4v) is 2.94. The quantitative estimate of drug-likeness (QED) is 0.767. The number of fused-ring (bicyclic) bond motifs is 1. The topological polar surface area (TPSA) is 63.3 Å². The predicted molar refractivity (Wildman–Crippen MR) is 97.3 cm³/mol. The number of aromatic nitrogens is 2. The number of para-hydroxylation sites is 2. The van der Waals surface area contributed by atoms with Crippen LogP contribution in [0, 0.1) is 6.92 Å². The van der Waals surface area contributed by atoms with Crippen LogP contribution in [0.2, 0.25) is 0 Å². The molecule has 1 atom stereocenters. The van der Waals surface area contributed by atoms with E-state index in [1.807, 2.05) is 44.2 Å². The van der Waals surface area contributed by atoms with E-state index in [-0.39, 0.29) is 12.1 Å². The zero-order valence-corrected chi connectivity index (χ0v) is 15.1. The van der Waals surface area contributed by atoms with Gasteiger partial charge in [0.05, 0.1) is 23.6 Å². The molecule has 6 nitrogen and oxygen atoms in total. The van der Waals surface area contributed by atoms with E-state index in [0.29, 0.717) is 6.54 Å². The Morgan fingerprint density at radius 2 is 2.08 bits per heavy atom. The van der Waals surface area contributed by atoms with Crippen LogP contribution in [0.4, 0.5) is 4.79 Å². The first kappa shape index (κ1) is 17.1. The molecule has 0 aliphatic heterocycles. The molecule has 0 bridgehead atoms. The summed E-state index contributed by atoms with van der Waals surface area (Å²) in [6.45, 7) is 7.13. The molecule has 6 heteroatoms. The Morgan fingerprint density at radius 1 is 1.32 bits per heavy atom. The Kier molecular flexibility index (Phi) is 4.79. The Hall–Kier alpha value is -2.76. The molecule has 132 valence electrons. The van der Waals surface area contributed by atoms with Crippen molar-refractivity contribution in [2.24, 2.45) is 0 Å². The van der Waals surface area contributed by atoms with Gasteiger partial charge in [-0.3, -0.25) is 0 Å². The highest BCUT2D eigenvalue weighted by Gasteiger charge is 2.18. The van der Waals surface area contributed by atoms with E-state index in [4.69, 9.17) is 4.42 Å². The lowest BCUT2D eigenvalue weighted by Gasteiger charge is -2.20. The molecular weight excluding hydrogens is 316 g/mol. The first-order valence-corrected chi connectivity index (χ1v) is 8.51. The molecule has 0 saturated carbocycles. The first-order chi connectivity index (χ1) is 12.0. The van der Waals surface area contributed by atoms with Crippen LogP contribution < -0.4 is 5.32 Å². The van der Waals surface area contributed by atoms with Gasteiger partial charge in [-0.1, -0.05) is 12.1 Å². The van der Waals surface area contributed by atoms with Crippen molar-refractivity contribution >= 4 is 17.1 Å². The number of imidazole rings is 1. The van der Waals surface area contributed by atoms with Crippen molar-refractivity contribution < 1.29 is 9.21 Å². The zero-order chi connectivity index (χ0) is 18.0. The SMILES string of the molecule is CCn1c(CN(C)C(=O)N[C@H](C)c2ccc(C)o2)nc2ccccc21. The second-order valence-corrected chi connectivity index (χ2v) is 6.24. The highest BCUT2D eigenvalue weighted by molar-refractivity contribution is 5.77. The zero-order valence-electron chi connectivity index (χ0n) is 15.1. The van der Waals surface area contributed by atoms with Crippen molar-refractivity contribution in [1.82, 2.24) is 19.8 Å². The van der Waals surface area contributed by atoms with E-state index in [1.54, 1.807) is 11.9 Å². The molecule has 1 N–H and O–H groups in total. The second-order valence-electron chi connectivity index (χ2n) is 6.24. The van der Waals surface area contributed by atoms with Crippen LogP contribution in [0.25, 0.3) is 11.0 Å².